The van der Waals surface area contributed by atoms with Gasteiger partial charge in [-0.2, -0.15) is 0 Å². The van der Waals surface area contributed by atoms with Crippen LogP contribution in [-0.2, 0) is 9.05 Å². The Balaban J connectivity index is 3.84. The minimum Gasteiger partial charge on any atom is -0.210 e. The van der Waals surface area contributed by atoms with Gasteiger partial charge in [0, 0.05) is 0 Å². The second-order valence-corrected chi connectivity index (χ2v) is 5.98. The molecular formula is C8H20O2P+. The van der Waals surface area contributed by atoms with Crippen LogP contribution in [0.25, 0.3) is 0 Å². The predicted octanol–water partition coefficient (Wildman–Crippen LogP) is 2.95. The van der Waals surface area contributed by atoms with Crippen molar-refractivity contribution in [2.45, 2.75) is 27.2 Å². The number of hydrogen-bond acceptors (Lipinski definition) is 2. The van der Waals surface area contributed by atoms with Gasteiger partial charge in [0.15, 0.2) is 0 Å². The predicted molar refractivity (Wildman–Crippen MR) is 51.3 cm³/mol. The van der Waals surface area contributed by atoms with E-state index >= 15 is 0 Å². The van der Waals surface area contributed by atoms with E-state index in [2.05, 4.69) is 20.8 Å². The Labute approximate surface area is 70.8 Å². The summed E-state index contributed by atoms with van der Waals surface area (Å²) in [6.45, 7) is 7.23. The molecule has 0 aliphatic heterocycles. The van der Waals surface area contributed by atoms with Gasteiger partial charge >= 0.3 is 0 Å². The second kappa shape index (κ2) is 5.93. The van der Waals surface area contributed by atoms with E-state index in [0.29, 0.717) is 0 Å². The van der Waals surface area contributed by atoms with E-state index in [-0.39, 0.29) is 0 Å². The molecule has 2 nitrogen and oxygen atoms in total. The van der Waals surface area contributed by atoms with Crippen molar-refractivity contribution in [1.82, 2.24) is 0 Å². The highest BCUT2D eigenvalue weighted by molar-refractivity contribution is 7.66. The molecule has 0 bridgehead atoms. The van der Waals surface area contributed by atoms with Gasteiger partial charge in [-0.15, -0.1) is 0 Å². The molecule has 0 aromatic carbocycles. The molecule has 0 aromatic rings. The van der Waals surface area contributed by atoms with E-state index in [1.54, 1.807) is 7.11 Å². The topological polar surface area (TPSA) is 18.5 Å². The van der Waals surface area contributed by atoms with Crippen LogP contribution in [0.1, 0.15) is 27.2 Å². The zero-order valence-corrected chi connectivity index (χ0v) is 8.99. The zero-order chi connectivity index (χ0) is 8.74. The lowest BCUT2D eigenvalue weighted by Crippen LogP contribution is -2.06. The summed E-state index contributed by atoms with van der Waals surface area (Å²) in [5.74, 6) is 0. The summed E-state index contributed by atoms with van der Waals surface area (Å²) in [7, 11) is 0.305. The number of rotatable bonds is 6. The smallest absolute Gasteiger partial charge is 0.210 e. The van der Waals surface area contributed by atoms with Gasteiger partial charge < -0.3 is 0 Å². The Kier molecular flexibility index (Phi) is 6.12. The summed E-state index contributed by atoms with van der Waals surface area (Å²) in [5.41, 5.74) is 0. The summed E-state index contributed by atoms with van der Waals surface area (Å²) in [5, 5.41) is 0. The average molecular weight is 179 g/mol. The van der Waals surface area contributed by atoms with Crippen molar-refractivity contribution >= 4 is 7.72 Å². The van der Waals surface area contributed by atoms with Crippen molar-refractivity contribution in [2.75, 3.05) is 26.0 Å². The zero-order valence-electron chi connectivity index (χ0n) is 8.09. The maximum atomic E-state index is 5.72. The molecular weight excluding hydrogens is 159 g/mol. The van der Waals surface area contributed by atoms with Crippen LogP contribution in [0.5, 0.6) is 0 Å². The molecule has 0 unspecified atom stereocenters. The lowest BCUT2D eigenvalue weighted by atomic mass is 10.5. The summed E-state index contributed by atoms with van der Waals surface area (Å²) in [6.07, 6.45) is 3.13. The first-order valence-electron chi connectivity index (χ1n) is 4.32. The van der Waals surface area contributed by atoms with Gasteiger partial charge in [-0.3, -0.25) is 0 Å². The summed E-state index contributed by atoms with van der Waals surface area (Å²) < 4.78 is 11.1. The molecule has 3 heteroatoms. The summed E-state index contributed by atoms with van der Waals surface area (Å²) in [4.78, 5) is 0. The molecule has 68 valence electrons. The lowest BCUT2D eigenvalue weighted by Gasteiger charge is -2.19. The van der Waals surface area contributed by atoms with Gasteiger partial charge in [-0.1, -0.05) is 6.92 Å². The van der Waals surface area contributed by atoms with Crippen molar-refractivity contribution in [1.29, 1.82) is 0 Å². The highest BCUT2D eigenvalue weighted by Gasteiger charge is 2.35. The lowest BCUT2D eigenvalue weighted by molar-refractivity contribution is 0.265. The third kappa shape index (κ3) is 3.50. The van der Waals surface area contributed by atoms with Crippen molar-refractivity contribution in [3.63, 3.8) is 0 Å². The molecule has 11 heavy (non-hydrogen) atoms. The molecule has 0 atom stereocenters. The minimum absolute atomic E-state index is 0.837. The van der Waals surface area contributed by atoms with Gasteiger partial charge in [-0.25, -0.2) is 9.05 Å². The molecule has 0 amide bonds. The average Bonchev–Trinajstić information content (AvgIpc) is 2.08. The Hall–Kier alpha value is 0.350. The summed E-state index contributed by atoms with van der Waals surface area (Å²) in [6, 6.07) is 0. The van der Waals surface area contributed by atoms with Gasteiger partial charge in [0.25, 0.3) is 7.72 Å². The van der Waals surface area contributed by atoms with E-state index in [4.69, 9.17) is 9.05 Å². The van der Waals surface area contributed by atoms with Crippen LogP contribution in [0.3, 0.4) is 0 Å². The fraction of sp³-hybridized carbons (Fsp3) is 1.00. The van der Waals surface area contributed by atoms with Crippen LogP contribution in [0.2, 0.25) is 0 Å². The normalized spacial score (nSPS) is 12.0. The van der Waals surface area contributed by atoms with E-state index in [0.717, 1.165) is 25.4 Å². The van der Waals surface area contributed by atoms with Gasteiger partial charge in [0.05, 0.1) is 13.7 Å². The minimum atomic E-state index is -1.46. The SMILES string of the molecule is CCCO[P+](CC)(CC)OC. The van der Waals surface area contributed by atoms with Crippen molar-refractivity contribution < 1.29 is 9.05 Å². The molecule has 0 rings (SSSR count). The number of hydrogen-bond donors (Lipinski definition) is 0. The molecule has 0 saturated heterocycles. The molecule has 0 heterocycles. The third-order valence-electron chi connectivity index (χ3n) is 1.83. The maximum absolute atomic E-state index is 5.72. The first-order valence-corrected chi connectivity index (χ1v) is 6.31. The maximum Gasteiger partial charge on any atom is 0.274 e. The molecule has 0 N–H and O–H groups in total. The Morgan fingerprint density at radius 3 is 1.91 bits per heavy atom. The highest BCUT2D eigenvalue weighted by atomic mass is 31.2. The Bertz CT molecular complexity index is 83.8. The van der Waals surface area contributed by atoms with Crippen LogP contribution >= 0.6 is 7.72 Å². The summed E-state index contributed by atoms with van der Waals surface area (Å²) >= 11 is 0. The molecule has 0 fully saturated rings. The fourth-order valence-electron chi connectivity index (χ4n) is 0.975. The van der Waals surface area contributed by atoms with Gasteiger partial charge in [0.1, 0.15) is 12.3 Å². The molecule has 0 aliphatic rings. The second-order valence-electron chi connectivity index (χ2n) is 2.46. The van der Waals surface area contributed by atoms with Crippen molar-refractivity contribution in [2.24, 2.45) is 0 Å². The molecule has 0 saturated carbocycles. The molecule has 0 aromatic heterocycles. The van der Waals surface area contributed by atoms with E-state index < -0.39 is 7.72 Å². The van der Waals surface area contributed by atoms with Crippen molar-refractivity contribution in [3.05, 3.63) is 0 Å². The largest absolute Gasteiger partial charge is 0.274 e. The first-order chi connectivity index (χ1) is 5.24. The molecule has 0 aliphatic carbocycles. The van der Waals surface area contributed by atoms with E-state index in [1.807, 2.05) is 0 Å². The third-order valence-corrected chi connectivity index (χ3v) is 5.07. The molecule has 0 spiro atoms. The standard InChI is InChI=1S/C8H20O2P/c1-5-8-10-11(6-2,7-3)9-4/h5-8H2,1-4H3/q+1. The highest BCUT2D eigenvalue weighted by Crippen LogP contribution is 2.59. The van der Waals surface area contributed by atoms with Crippen LogP contribution in [0.4, 0.5) is 0 Å². The van der Waals surface area contributed by atoms with Crippen LogP contribution < -0.4 is 0 Å². The van der Waals surface area contributed by atoms with Crippen LogP contribution in [0, 0.1) is 0 Å². The Morgan fingerprint density at radius 1 is 1.09 bits per heavy atom. The first kappa shape index (κ1) is 11.4. The monoisotopic (exact) mass is 179 g/mol. The fourth-order valence-corrected chi connectivity index (χ4v) is 2.92. The quantitative estimate of drug-likeness (QED) is 0.583. The van der Waals surface area contributed by atoms with E-state index in [1.165, 1.54) is 0 Å². The van der Waals surface area contributed by atoms with Gasteiger partial charge in [-0.05, 0) is 20.3 Å². The van der Waals surface area contributed by atoms with Crippen molar-refractivity contribution in [3.8, 4) is 0 Å². The Morgan fingerprint density at radius 2 is 1.64 bits per heavy atom. The molecule has 0 radical (unpaired) electrons. The van der Waals surface area contributed by atoms with Gasteiger partial charge in [0.2, 0.25) is 0 Å². The van der Waals surface area contributed by atoms with Crippen LogP contribution in [0.15, 0.2) is 0 Å². The van der Waals surface area contributed by atoms with E-state index in [9.17, 15) is 0 Å². The van der Waals surface area contributed by atoms with Crippen LogP contribution in [-0.4, -0.2) is 26.0 Å².